The van der Waals surface area contributed by atoms with E-state index < -0.39 is 6.09 Å². The van der Waals surface area contributed by atoms with Crippen molar-refractivity contribution in [3.63, 3.8) is 0 Å². The molecule has 0 radical (unpaired) electrons. The molecule has 1 aromatic rings. The maximum atomic E-state index is 10.6. The first kappa shape index (κ1) is 8.52. The fourth-order valence-electron chi connectivity index (χ4n) is 0.695. The average molecular weight is 166 g/mol. The van der Waals surface area contributed by atoms with Crippen LogP contribution in [0.2, 0.25) is 0 Å². The zero-order valence-electron chi connectivity index (χ0n) is 6.78. The van der Waals surface area contributed by atoms with Crippen molar-refractivity contribution in [1.29, 1.82) is 0 Å². The van der Waals surface area contributed by atoms with E-state index in [0.717, 1.165) is 5.69 Å². The number of rotatable bonds is 2. The van der Waals surface area contributed by atoms with Crippen LogP contribution in [0.25, 0.3) is 0 Å². The minimum atomic E-state index is -0.444. The summed E-state index contributed by atoms with van der Waals surface area (Å²) in [5.41, 5.74) is 0.737. The second-order valence-corrected chi connectivity index (χ2v) is 2.15. The van der Waals surface area contributed by atoms with Crippen LogP contribution in [0.4, 0.5) is 4.79 Å². The molecule has 0 aliphatic carbocycles. The van der Waals surface area contributed by atoms with Gasteiger partial charge in [-0.25, -0.2) is 4.79 Å². The summed E-state index contributed by atoms with van der Waals surface area (Å²) in [7, 11) is 1.51. The predicted molar refractivity (Wildman–Crippen MR) is 43.5 cm³/mol. The Morgan fingerprint density at radius 1 is 1.67 bits per heavy atom. The van der Waals surface area contributed by atoms with Gasteiger partial charge in [0.1, 0.15) is 6.61 Å². The maximum Gasteiger partial charge on any atom is 0.407 e. The van der Waals surface area contributed by atoms with Gasteiger partial charge >= 0.3 is 6.09 Å². The van der Waals surface area contributed by atoms with Crippen LogP contribution in [0.1, 0.15) is 5.69 Å². The number of alkyl carbamates (subject to hydrolysis) is 1. The van der Waals surface area contributed by atoms with Crippen molar-refractivity contribution in [1.82, 2.24) is 10.3 Å². The monoisotopic (exact) mass is 166 g/mol. The second kappa shape index (κ2) is 4.33. The van der Waals surface area contributed by atoms with E-state index in [1.165, 1.54) is 7.05 Å². The van der Waals surface area contributed by atoms with Crippen LogP contribution in [-0.2, 0) is 11.3 Å². The zero-order chi connectivity index (χ0) is 8.81. The molecule has 0 unspecified atom stereocenters. The van der Waals surface area contributed by atoms with Gasteiger partial charge in [-0.3, -0.25) is 4.98 Å². The third kappa shape index (κ3) is 2.57. The molecule has 0 aromatic carbocycles. The number of aromatic nitrogens is 1. The fraction of sp³-hybridized carbons (Fsp3) is 0.250. The van der Waals surface area contributed by atoms with Crippen LogP contribution in [0, 0.1) is 0 Å². The molecule has 0 spiro atoms. The summed E-state index contributed by atoms with van der Waals surface area (Å²) in [6.07, 6.45) is 1.21. The van der Waals surface area contributed by atoms with Gasteiger partial charge in [0, 0.05) is 13.2 Å². The molecule has 0 aliphatic heterocycles. The number of hydrogen-bond acceptors (Lipinski definition) is 3. The predicted octanol–water partition coefficient (Wildman–Crippen LogP) is 0.938. The number of ether oxygens (including phenoxy) is 1. The second-order valence-electron chi connectivity index (χ2n) is 2.15. The molecule has 0 fully saturated rings. The lowest BCUT2D eigenvalue weighted by molar-refractivity contribution is 0.140. The van der Waals surface area contributed by atoms with E-state index in [2.05, 4.69) is 10.3 Å². The summed E-state index contributed by atoms with van der Waals surface area (Å²) in [6, 6.07) is 5.45. The number of nitrogens with zero attached hydrogens (tertiary/aromatic N) is 1. The van der Waals surface area contributed by atoms with Gasteiger partial charge in [-0.05, 0) is 12.1 Å². The third-order valence-corrected chi connectivity index (χ3v) is 1.28. The maximum absolute atomic E-state index is 10.6. The molecule has 12 heavy (non-hydrogen) atoms. The molecular weight excluding hydrogens is 156 g/mol. The number of hydrogen-bond donors (Lipinski definition) is 1. The molecule has 1 N–H and O–H groups in total. The minimum absolute atomic E-state index is 0.209. The van der Waals surface area contributed by atoms with E-state index in [1.807, 2.05) is 12.1 Å². The molecule has 64 valence electrons. The first-order chi connectivity index (χ1) is 5.83. The van der Waals surface area contributed by atoms with Gasteiger partial charge in [0.2, 0.25) is 0 Å². The Hall–Kier alpha value is -1.58. The number of carbonyl (C=O) groups is 1. The van der Waals surface area contributed by atoms with E-state index in [4.69, 9.17) is 4.74 Å². The van der Waals surface area contributed by atoms with Crippen molar-refractivity contribution in [3.05, 3.63) is 30.1 Å². The molecule has 0 saturated heterocycles. The fourth-order valence-corrected chi connectivity index (χ4v) is 0.695. The largest absolute Gasteiger partial charge is 0.443 e. The molecule has 1 aromatic heterocycles. The summed E-state index contributed by atoms with van der Waals surface area (Å²) < 4.78 is 4.76. The van der Waals surface area contributed by atoms with Crippen molar-refractivity contribution in [2.24, 2.45) is 0 Å². The molecule has 1 rings (SSSR count). The zero-order valence-corrected chi connectivity index (χ0v) is 6.78. The number of nitrogens with one attached hydrogen (secondary N) is 1. The van der Waals surface area contributed by atoms with E-state index in [9.17, 15) is 4.79 Å². The summed E-state index contributed by atoms with van der Waals surface area (Å²) >= 11 is 0. The molecular formula is C8H10N2O2. The Morgan fingerprint density at radius 2 is 2.50 bits per heavy atom. The number of pyridine rings is 1. The molecule has 0 atom stereocenters. The lowest BCUT2D eigenvalue weighted by Gasteiger charge is -2.01. The van der Waals surface area contributed by atoms with Crippen LogP contribution < -0.4 is 5.32 Å². The minimum Gasteiger partial charge on any atom is -0.443 e. The number of amides is 1. The highest BCUT2D eigenvalue weighted by Crippen LogP contribution is 1.95. The first-order valence-corrected chi connectivity index (χ1v) is 3.57. The van der Waals surface area contributed by atoms with E-state index >= 15 is 0 Å². The van der Waals surface area contributed by atoms with Gasteiger partial charge in [-0.2, -0.15) is 0 Å². The highest BCUT2D eigenvalue weighted by Gasteiger charge is 1.98. The summed E-state index contributed by atoms with van der Waals surface area (Å²) in [6.45, 7) is 0.209. The summed E-state index contributed by atoms with van der Waals surface area (Å²) in [4.78, 5) is 14.6. The lowest BCUT2D eigenvalue weighted by Crippen LogP contribution is -2.19. The van der Waals surface area contributed by atoms with Crippen molar-refractivity contribution in [2.45, 2.75) is 6.61 Å². The topological polar surface area (TPSA) is 51.2 Å². The van der Waals surface area contributed by atoms with Gasteiger partial charge in [0.15, 0.2) is 0 Å². The molecule has 0 saturated carbocycles. The summed E-state index contributed by atoms with van der Waals surface area (Å²) in [5, 5.41) is 2.35. The van der Waals surface area contributed by atoms with Gasteiger partial charge in [0.25, 0.3) is 0 Å². The third-order valence-electron chi connectivity index (χ3n) is 1.28. The Balaban J connectivity index is 2.38. The SMILES string of the molecule is CNC(=O)OCc1ccccn1. The molecule has 4 heteroatoms. The van der Waals surface area contributed by atoms with Gasteiger partial charge < -0.3 is 10.1 Å². The van der Waals surface area contributed by atoms with Crippen LogP contribution in [-0.4, -0.2) is 18.1 Å². The highest BCUT2D eigenvalue weighted by molar-refractivity contribution is 5.66. The molecule has 0 bridgehead atoms. The normalized spacial score (nSPS) is 9.08. The molecule has 1 amide bonds. The molecule has 4 nitrogen and oxygen atoms in total. The van der Waals surface area contributed by atoms with E-state index in [0.29, 0.717) is 0 Å². The molecule has 0 aliphatic rings. The van der Waals surface area contributed by atoms with Gasteiger partial charge in [-0.1, -0.05) is 6.07 Å². The molecule has 1 heterocycles. The summed E-state index contributed by atoms with van der Waals surface area (Å²) in [5.74, 6) is 0. The lowest BCUT2D eigenvalue weighted by atomic mass is 10.4. The Kier molecular flexibility index (Phi) is 3.07. The van der Waals surface area contributed by atoms with Crippen molar-refractivity contribution < 1.29 is 9.53 Å². The van der Waals surface area contributed by atoms with Crippen LogP contribution >= 0.6 is 0 Å². The van der Waals surface area contributed by atoms with E-state index in [-0.39, 0.29) is 6.61 Å². The van der Waals surface area contributed by atoms with Crippen molar-refractivity contribution in [2.75, 3.05) is 7.05 Å². The van der Waals surface area contributed by atoms with E-state index in [1.54, 1.807) is 12.3 Å². The average Bonchev–Trinajstić information content (AvgIpc) is 2.16. The Bertz CT molecular complexity index is 248. The number of carbonyl (C=O) groups excluding carboxylic acids is 1. The van der Waals surface area contributed by atoms with Crippen LogP contribution in [0.5, 0.6) is 0 Å². The first-order valence-electron chi connectivity index (χ1n) is 3.57. The Morgan fingerprint density at radius 3 is 3.08 bits per heavy atom. The quantitative estimate of drug-likeness (QED) is 0.711. The van der Waals surface area contributed by atoms with Gasteiger partial charge in [0.05, 0.1) is 5.69 Å². The highest BCUT2D eigenvalue weighted by atomic mass is 16.5. The van der Waals surface area contributed by atoms with Crippen LogP contribution in [0.15, 0.2) is 24.4 Å². The van der Waals surface area contributed by atoms with Gasteiger partial charge in [-0.15, -0.1) is 0 Å². The van der Waals surface area contributed by atoms with Crippen molar-refractivity contribution in [3.8, 4) is 0 Å². The van der Waals surface area contributed by atoms with Crippen LogP contribution in [0.3, 0.4) is 0 Å². The Labute approximate surface area is 70.6 Å². The smallest absolute Gasteiger partial charge is 0.407 e. The standard InChI is InChI=1S/C8H10N2O2/c1-9-8(11)12-6-7-4-2-3-5-10-7/h2-5H,6H2,1H3,(H,9,11). The van der Waals surface area contributed by atoms with Crippen molar-refractivity contribution >= 4 is 6.09 Å².